The minimum atomic E-state index is 0. The van der Waals surface area contributed by atoms with Gasteiger partial charge in [-0.15, -0.1) is 12.4 Å². The molecule has 0 saturated heterocycles. The Morgan fingerprint density at radius 3 is 2.50 bits per heavy atom. The molecule has 3 N–H and O–H groups in total. The first-order chi connectivity index (χ1) is 10.2. The molecule has 1 aromatic carbocycles. The van der Waals surface area contributed by atoms with Crippen molar-refractivity contribution in [3.8, 4) is 5.75 Å². The molecule has 2 atom stereocenters. The highest BCUT2D eigenvalue weighted by atomic mass is 35.5. The number of halogens is 1. The van der Waals surface area contributed by atoms with Crippen molar-refractivity contribution in [1.29, 1.82) is 0 Å². The number of hydrogen-bond acceptors (Lipinski definition) is 3. The van der Waals surface area contributed by atoms with Crippen LogP contribution in [0, 0.1) is 11.8 Å². The largest absolute Gasteiger partial charge is 0.493 e. The Hall–Kier alpha value is -1.26. The average Bonchev–Trinajstić information content (AvgIpc) is 3.22. The van der Waals surface area contributed by atoms with E-state index in [-0.39, 0.29) is 24.4 Å². The highest BCUT2D eigenvalue weighted by Gasteiger charge is 2.26. The Morgan fingerprint density at radius 2 is 1.91 bits per heavy atom. The quantitative estimate of drug-likeness (QED) is 0.843. The van der Waals surface area contributed by atoms with Crippen LogP contribution in [0.5, 0.6) is 5.75 Å². The van der Waals surface area contributed by atoms with E-state index in [0.717, 1.165) is 43.2 Å². The van der Waals surface area contributed by atoms with Crippen LogP contribution in [0.15, 0.2) is 24.3 Å². The van der Waals surface area contributed by atoms with Crippen molar-refractivity contribution in [3.63, 3.8) is 0 Å². The average molecular weight is 325 g/mol. The lowest BCUT2D eigenvalue weighted by molar-refractivity contribution is -0.117. The van der Waals surface area contributed by atoms with Gasteiger partial charge in [0.1, 0.15) is 5.75 Å². The topological polar surface area (TPSA) is 64.4 Å². The standard InChI is InChI=1S/C17H24N2O2.ClH/c18-16-3-1-2-13(16)10-17(20)19-14-6-8-15(9-7-14)21-11-12-4-5-12;/h6-9,12-13,16H,1-5,10-11,18H2,(H,19,20);1H/t13-,16+;/m0./s1. The second-order valence-corrected chi connectivity index (χ2v) is 6.39. The first kappa shape index (κ1) is 17.1. The third-order valence-electron chi connectivity index (χ3n) is 4.49. The molecule has 122 valence electrons. The van der Waals surface area contributed by atoms with Crippen LogP contribution in [0.4, 0.5) is 5.69 Å². The van der Waals surface area contributed by atoms with Gasteiger partial charge in [-0.05, 0) is 61.8 Å². The number of ether oxygens (including phenoxy) is 1. The van der Waals surface area contributed by atoms with E-state index < -0.39 is 0 Å². The van der Waals surface area contributed by atoms with E-state index in [4.69, 9.17) is 10.5 Å². The molecule has 0 unspecified atom stereocenters. The van der Waals surface area contributed by atoms with Crippen LogP contribution >= 0.6 is 12.4 Å². The Morgan fingerprint density at radius 1 is 1.18 bits per heavy atom. The summed E-state index contributed by atoms with van der Waals surface area (Å²) in [5, 5.41) is 2.94. The molecule has 0 aromatic heterocycles. The Kier molecular flexibility index (Phi) is 6.09. The van der Waals surface area contributed by atoms with Gasteiger partial charge in [0, 0.05) is 18.2 Å². The van der Waals surface area contributed by atoms with Gasteiger partial charge in [0.15, 0.2) is 0 Å². The number of benzene rings is 1. The van der Waals surface area contributed by atoms with Crippen LogP contribution < -0.4 is 15.8 Å². The lowest BCUT2D eigenvalue weighted by Crippen LogP contribution is -2.28. The molecule has 0 heterocycles. The summed E-state index contributed by atoms with van der Waals surface area (Å²) in [6, 6.07) is 7.82. The van der Waals surface area contributed by atoms with Gasteiger partial charge >= 0.3 is 0 Å². The summed E-state index contributed by atoms with van der Waals surface area (Å²) >= 11 is 0. The zero-order chi connectivity index (χ0) is 14.7. The zero-order valence-corrected chi connectivity index (χ0v) is 13.6. The van der Waals surface area contributed by atoms with E-state index in [0.29, 0.717) is 12.3 Å². The van der Waals surface area contributed by atoms with Crippen molar-refractivity contribution in [3.05, 3.63) is 24.3 Å². The molecule has 2 aliphatic carbocycles. The third kappa shape index (κ3) is 4.89. The van der Waals surface area contributed by atoms with Crippen LogP contribution in [0.2, 0.25) is 0 Å². The Bertz CT molecular complexity index is 488. The number of carbonyl (C=O) groups excluding carboxylic acids is 1. The van der Waals surface area contributed by atoms with Crippen molar-refractivity contribution in [2.75, 3.05) is 11.9 Å². The highest BCUT2D eigenvalue weighted by Crippen LogP contribution is 2.30. The van der Waals surface area contributed by atoms with Crippen LogP contribution in [-0.4, -0.2) is 18.6 Å². The van der Waals surface area contributed by atoms with Crippen LogP contribution in [0.3, 0.4) is 0 Å². The summed E-state index contributed by atoms with van der Waals surface area (Å²) < 4.78 is 5.68. The summed E-state index contributed by atoms with van der Waals surface area (Å²) in [5.41, 5.74) is 6.83. The van der Waals surface area contributed by atoms with Crippen molar-refractivity contribution in [2.24, 2.45) is 17.6 Å². The number of rotatable bonds is 6. The molecular weight excluding hydrogens is 300 g/mol. The smallest absolute Gasteiger partial charge is 0.224 e. The molecule has 2 aliphatic rings. The minimum absolute atomic E-state index is 0. The third-order valence-corrected chi connectivity index (χ3v) is 4.49. The number of carbonyl (C=O) groups is 1. The summed E-state index contributed by atoms with van der Waals surface area (Å²) in [4.78, 5) is 12.0. The van der Waals surface area contributed by atoms with Crippen molar-refractivity contribution < 1.29 is 9.53 Å². The van der Waals surface area contributed by atoms with Crippen LogP contribution in [-0.2, 0) is 4.79 Å². The molecule has 3 rings (SSSR count). The Labute approximate surface area is 138 Å². The summed E-state index contributed by atoms with van der Waals surface area (Å²) in [5.74, 6) is 2.02. The van der Waals surface area contributed by atoms with Crippen molar-refractivity contribution in [2.45, 2.75) is 44.6 Å². The van der Waals surface area contributed by atoms with Crippen molar-refractivity contribution in [1.82, 2.24) is 0 Å². The Balaban J connectivity index is 0.00000176. The number of hydrogen-bond donors (Lipinski definition) is 2. The summed E-state index contributed by atoms with van der Waals surface area (Å²) in [7, 11) is 0. The number of amides is 1. The van der Waals surface area contributed by atoms with Gasteiger partial charge in [-0.25, -0.2) is 0 Å². The maximum Gasteiger partial charge on any atom is 0.224 e. The van der Waals surface area contributed by atoms with Gasteiger partial charge in [-0.3, -0.25) is 4.79 Å². The molecule has 2 fully saturated rings. The fourth-order valence-electron chi connectivity index (χ4n) is 2.90. The second-order valence-electron chi connectivity index (χ2n) is 6.39. The van der Waals surface area contributed by atoms with Gasteiger partial charge in [0.05, 0.1) is 6.61 Å². The van der Waals surface area contributed by atoms with Gasteiger partial charge < -0.3 is 15.8 Å². The van der Waals surface area contributed by atoms with E-state index in [1.807, 2.05) is 24.3 Å². The van der Waals surface area contributed by atoms with Gasteiger partial charge in [0.25, 0.3) is 0 Å². The fourth-order valence-corrected chi connectivity index (χ4v) is 2.90. The molecule has 0 bridgehead atoms. The van der Waals surface area contributed by atoms with Gasteiger partial charge in [0.2, 0.25) is 5.91 Å². The van der Waals surface area contributed by atoms with E-state index in [1.165, 1.54) is 12.8 Å². The monoisotopic (exact) mass is 324 g/mol. The van der Waals surface area contributed by atoms with E-state index in [1.54, 1.807) is 0 Å². The number of anilines is 1. The molecule has 1 amide bonds. The first-order valence-electron chi connectivity index (χ1n) is 7.99. The van der Waals surface area contributed by atoms with Crippen LogP contribution in [0.1, 0.15) is 38.5 Å². The maximum absolute atomic E-state index is 12.0. The molecule has 0 aliphatic heterocycles. The first-order valence-corrected chi connectivity index (χ1v) is 7.99. The normalized spacial score (nSPS) is 23.7. The summed E-state index contributed by atoms with van der Waals surface area (Å²) in [6.45, 7) is 0.811. The lowest BCUT2D eigenvalue weighted by atomic mass is 10.00. The molecule has 4 nitrogen and oxygen atoms in total. The predicted molar refractivity (Wildman–Crippen MR) is 90.5 cm³/mol. The second kappa shape index (κ2) is 7.84. The fraction of sp³-hybridized carbons (Fsp3) is 0.588. The van der Waals surface area contributed by atoms with Crippen LogP contribution in [0.25, 0.3) is 0 Å². The SMILES string of the molecule is Cl.N[C@@H]1CCC[C@H]1CC(=O)Nc1ccc(OCC2CC2)cc1. The minimum Gasteiger partial charge on any atom is -0.493 e. The molecule has 5 heteroatoms. The molecular formula is C17H25ClN2O2. The molecule has 22 heavy (non-hydrogen) atoms. The zero-order valence-electron chi connectivity index (χ0n) is 12.8. The lowest BCUT2D eigenvalue weighted by Gasteiger charge is -2.15. The maximum atomic E-state index is 12.0. The van der Waals surface area contributed by atoms with E-state index >= 15 is 0 Å². The number of nitrogens with two attached hydrogens (primary N) is 1. The van der Waals surface area contributed by atoms with Gasteiger partial charge in [-0.1, -0.05) is 6.42 Å². The van der Waals surface area contributed by atoms with E-state index in [9.17, 15) is 4.79 Å². The van der Waals surface area contributed by atoms with Crippen molar-refractivity contribution >= 4 is 24.0 Å². The summed E-state index contributed by atoms with van der Waals surface area (Å²) in [6.07, 6.45) is 6.37. The molecule has 1 aromatic rings. The van der Waals surface area contributed by atoms with Gasteiger partial charge in [-0.2, -0.15) is 0 Å². The molecule has 0 spiro atoms. The van der Waals surface area contributed by atoms with E-state index in [2.05, 4.69) is 5.32 Å². The highest BCUT2D eigenvalue weighted by molar-refractivity contribution is 5.90. The molecule has 0 radical (unpaired) electrons. The predicted octanol–water partition coefficient (Wildman–Crippen LogP) is 3.35. The molecule has 2 saturated carbocycles. The number of nitrogens with one attached hydrogen (secondary N) is 1.